The normalized spacial score (nSPS) is 11.2. The van der Waals surface area contributed by atoms with E-state index in [1.165, 1.54) is 24.3 Å². The zero-order valence-corrected chi connectivity index (χ0v) is 13.8. The first-order valence-corrected chi connectivity index (χ1v) is 8.74. The van der Waals surface area contributed by atoms with Crippen LogP contribution in [0.25, 0.3) is 11.3 Å². The van der Waals surface area contributed by atoms with Gasteiger partial charge in [-0.3, -0.25) is 5.10 Å². The number of carbonyl (C=O) groups is 1. The largest absolute Gasteiger partial charge is 0.351 e. The maximum Gasteiger partial charge on any atom is 0.325 e. The number of sulfonamides is 1. The number of benzene rings is 2. The number of aromatic amines is 1. The molecule has 0 fully saturated rings. The van der Waals surface area contributed by atoms with Crippen molar-refractivity contribution in [3.05, 3.63) is 60.7 Å². The molecule has 0 saturated heterocycles. The molecule has 9 heteroatoms. The van der Waals surface area contributed by atoms with Crippen LogP contribution in [0.5, 0.6) is 0 Å². The summed E-state index contributed by atoms with van der Waals surface area (Å²) in [5, 5.41) is 12.0. The van der Waals surface area contributed by atoms with E-state index in [0.717, 1.165) is 10.5 Å². The lowest BCUT2D eigenvalue weighted by atomic mass is 10.1. The van der Waals surface area contributed by atoms with Gasteiger partial charge >= 0.3 is 6.03 Å². The lowest BCUT2D eigenvalue weighted by Crippen LogP contribution is -2.31. The summed E-state index contributed by atoms with van der Waals surface area (Å²) >= 11 is 0. The van der Waals surface area contributed by atoms with Gasteiger partial charge < -0.3 is 5.73 Å². The zero-order chi connectivity index (χ0) is 18.0. The molecule has 3 aromatic rings. The Bertz CT molecular complexity index is 998. The number of H-pyrrole nitrogens is 1. The Balaban J connectivity index is 1.97. The van der Waals surface area contributed by atoms with E-state index in [9.17, 15) is 13.2 Å². The first kappa shape index (κ1) is 16.7. The third-order valence-electron chi connectivity index (χ3n) is 3.52. The second kappa shape index (κ2) is 6.38. The molecule has 1 heterocycles. The Labute approximate surface area is 144 Å². The molecule has 0 aliphatic carbocycles. The number of nitrogens with zero attached hydrogens (tertiary/aromatic N) is 2. The van der Waals surface area contributed by atoms with Crippen LogP contribution in [0, 0.1) is 0 Å². The summed E-state index contributed by atoms with van der Waals surface area (Å²) in [5.74, 6) is 0.287. The zero-order valence-electron chi connectivity index (χ0n) is 13.0. The first-order valence-electron chi connectivity index (χ1n) is 7.19. The standard InChI is InChI=1S/C16H15N5O3S/c17-16(22)21(12-6-8-13(9-7-12)25(18,23)24)15-10-14(19-20-15)11-4-2-1-3-5-11/h1-10H,(H2,17,22)(H,19,20)(H2,18,23,24). The maximum absolute atomic E-state index is 11.9. The SMILES string of the molecule is NC(=O)N(c1ccc(S(N)(=O)=O)cc1)c1cc(-c2ccccc2)[nH]n1. The monoisotopic (exact) mass is 357 g/mol. The summed E-state index contributed by atoms with van der Waals surface area (Å²) in [7, 11) is -3.82. The Morgan fingerprint density at radius 2 is 1.68 bits per heavy atom. The van der Waals surface area contributed by atoms with Crippen LogP contribution in [0.4, 0.5) is 16.3 Å². The molecule has 1 aromatic heterocycles. The summed E-state index contributed by atoms with van der Waals surface area (Å²) in [6.45, 7) is 0. The van der Waals surface area contributed by atoms with Gasteiger partial charge in [0, 0.05) is 6.07 Å². The Kier molecular flexibility index (Phi) is 4.26. The molecule has 2 amide bonds. The van der Waals surface area contributed by atoms with Gasteiger partial charge in [-0.2, -0.15) is 5.10 Å². The van der Waals surface area contributed by atoms with Gasteiger partial charge in [-0.25, -0.2) is 23.3 Å². The van der Waals surface area contributed by atoms with Crippen LogP contribution in [0.1, 0.15) is 0 Å². The number of nitrogens with two attached hydrogens (primary N) is 2. The number of nitrogens with one attached hydrogen (secondary N) is 1. The number of rotatable bonds is 4. The van der Waals surface area contributed by atoms with Gasteiger partial charge in [0.15, 0.2) is 5.82 Å². The van der Waals surface area contributed by atoms with Crippen LogP contribution in [0.15, 0.2) is 65.6 Å². The second-order valence-electron chi connectivity index (χ2n) is 5.22. The van der Waals surface area contributed by atoms with Gasteiger partial charge in [0.2, 0.25) is 10.0 Å². The first-order chi connectivity index (χ1) is 11.9. The summed E-state index contributed by atoms with van der Waals surface area (Å²) < 4.78 is 22.7. The molecule has 0 spiro atoms. The Hall–Kier alpha value is -3.17. The number of amides is 2. The van der Waals surface area contributed by atoms with E-state index in [1.54, 1.807) is 6.07 Å². The van der Waals surface area contributed by atoms with Crippen molar-refractivity contribution in [2.75, 3.05) is 4.90 Å². The Morgan fingerprint density at radius 3 is 2.24 bits per heavy atom. The van der Waals surface area contributed by atoms with Crippen LogP contribution >= 0.6 is 0 Å². The lowest BCUT2D eigenvalue weighted by Gasteiger charge is -2.17. The fourth-order valence-electron chi connectivity index (χ4n) is 2.35. The van der Waals surface area contributed by atoms with E-state index in [4.69, 9.17) is 10.9 Å². The third kappa shape index (κ3) is 3.52. The van der Waals surface area contributed by atoms with Crippen LogP contribution in [0.2, 0.25) is 0 Å². The summed E-state index contributed by atoms with van der Waals surface area (Å²) in [6.07, 6.45) is 0. The molecule has 0 unspecified atom stereocenters. The minimum atomic E-state index is -3.82. The summed E-state index contributed by atoms with van der Waals surface area (Å²) in [5.41, 5.74) is 7.44. The number of primary amides is 1. The minimum Gasteiger partial charge on any atom is -0.351 e. The smallest absolute Gasteiger partial charge is 0.325 e. The molecule has 25 heavy (non-hydrogen) atoms. The number of hydrogen-bond donors (Lipinski definition) is 3. The van der Waals surface area contributed by atoms with Crippen molar-refractivity contribution >= 4 is 27.6 Å². The van der Waals surface area contributed by atoms with E-state index < -0.39 is 16.1 Å². The van der Waals surface area contributed by atoms with Crippen LogP contribution < -0.4 is 15.8 Å². The van der Waals surface area contributed by atoms with Crippen LogP contribution in [-0.4, -0.2) is 24.6 Å². The van der Waals surface area contributed by atoms with Crippen molar-refractivity contribution in [3.8, 4) is 11.3 Å². The van der Waals surface area contributed by atoms with Crippen molar-refractivity contribution in [2.45, 2.75) is 4.90 Å². The highest BCUT2D eigenvalue weighted by atomic mass is 32.2. The molecule has 0 radical (unpaired) electrons. The maximum atomic E-state index is 11.9. The number of urea groups is 1. The third-order valence-corrected chi connectivity index (χ3v) is 4.45. The number of aromatic nitrogens is 2. The van der Waals surface area contributed by atoms with Crippen LogP contribution in [0.3, 0.4) is 0 Å². The van der Waals surface area contributed by atoms with Crippen molar-refractivity contribution in [1.82, 2.24) is 10.2 Å². The average Bonchev–Trinajstić information content (AvgIpc) is 3.05. The molecule has 3 rings (SSSR count). The van der Waals surface area contributed by atoms with Crippen molar-refractivity contribution in [1.29, 1.82) is 0 Å². The van der Waals surface area contributed by atoms with E-state index in [1.807, 2.05) is 30.3 Å². The summed E-state index contributed by atoms with van der Waals surface area (Å²) in [6, 6.07) is 15.8. The molecular weight excluding hydrogens is 342 g/mol. The van der Waals surface area contributed by atoms with Crippen LogP contribution in [-0.2, 0) is 10.0 Å². The highest BCUT2D eigenvalue weighted by molar-refractivity contribution is 7.89. The molecule has 0 bridgehead atoms. The molecule has 5 N–H and O–H groups in total. The van der Waals surface area contributed by atoms with Gasteiger partial charge in [-0.1, -0.05) is 30.3 Å². The van der Waals surface area contributed by atoms with Crippen molar-refractivity contribution in [2.24, 2.45) is 10.9 Å². The van der Waals surface area contributed by atoms with Gasteiger partial charge in [0.05, 0.1) is 16.3 Å². The molecule has 0 aliphatic rings. The predicted molar refractivity (Wildman–Crippen MR) is 93.6 cm³/mol. The van der Waals surface area contributed by atoms with Crippen molar-refractivity contribution < 1.29 is 13.2 Å². The van der Waals surface area contributed by atoms with E-state index in [-0.39, 0.29) is 10.7 Å². The molecular formula is C16H15N5O3S. The van der Waals surface area contributed by atoms with Gasteiger partial charge in [0.1, 0.15) is 0 Å². The highest BCUT2D eigenvalue weighted by Crippen LogP contribution is 2.28. The number of primary sulfonamides is 1. The van der Waals surface area contributed by atoms with E-state index in [0.29, 0.717) is 11.4 Å². The molecule has 2 aromatic carbocycles. The van der Waals surface area contributed by atoms with Gasteiger partial charge in [0.25, 0.3) is 0 Å². The topological polar surface area (TPSA) is 135 Å². The van der Waals surface area contributed by atoms with E-state index in [2.05, 4.69) is 10.2 Å². The van der Waals surface area contributed by atoms with E-state index >= 15 is 0 Å². The number of anilines is 2. The number of carbonyl (C=O) groups excluding carboxylic acids is 1. The predicted octanol–water partition coefficient (Wildman–Crippen LogP) is 1.94. The molecule has 8 nitrogen and oxygen atoms in total. The molecule has 0 saturated carbocycles. The highest BCUT2D eigenvalue weighted by Gasteiger charge is 2.19. The van der Waals surface area contributed by atoms with Crippen molar-refractivity contribution in [3.63, 3.8) is 0 Å². The quantitative estimate of drug-likeness (QED) is 0.657. The fraction of sp³-hybridized carbons (Fsp3) is 0. The molecule has 128 valence electrons. The fourth-order valence-corrected chi connectivity index (χ4v) is 2.86. The van der Waals surface area contributed by atoms with Gasteiger partial charge in [-0.15, -0.1) is 0 Å². The molecule has 0 aliphatic heterocycles. The number of hydrogen-bond acceptors (Lipinski definition) is 4. The Morgan fingerprint density at radius 1 is 1.04 bits per heavy atom. The minimum absolute atomic E-state index is 0.0623. The average molecular weight is 357 g/mol. The molecule has 0 atom stereocenters. The lowest BCUT2D eigenvalue weighted by molar-refractivity contribution is 0.256. The summed E-state index contributed by atoms with van der Waals surface area (Å²) in [4.78, 5) is 13.0. The second-order valence-corrected chi connectivity index (χ2v) is 6.78. The van der Waals surface area contributed by atoms with Gasteiger partial charge in [-0.05, 0) is 29.8 Å².